The van der Waals surface area contributed by atoms with E-state index in [1.54, 1.807) is 6.07 Å². The Bertz CT molecular complexity index is 655. The van der Waals surface area contributed by atoms with Crippen molar-refractivity contribution in [3.63, 3.8) is 0 Å². The Labute approximate surface area is 128 Å². The average Bonchev–Trinajstić information content (AvgIpc) is 2.58. The molecule has 1 N–H and O–H groups in total. The molecule has 2 aromatic rings. The standard InChI is InChI=1S/C17H17NO4/c1-18-17(20)22-9-8-21-16-7-3-6-15(11-16)14-5-2-4-13(10-14)12-19/h2-7,10-12H,8-9H2,1H3,(H,18,20). The Hall–Kier alpha value is -2.82. The Morgan fingerprint density at radius 2 is 1.82 bits per heavy atom. The zero-order valence-corrected chi connectivity index (χ0v) is 12.2. The molecule has 0 aliphatic rings. The minimum absolute atomic E-state index is 0.171. The number of hydrogen-bond donors (Lipinski definition) is 1. The van der Waals surface area contributed by atoms with Gasteiger partial charge >= 0.3 is 6.09 Å². The summed E-state index contributed by atoms with van der Waals surface area (Å²) < 4.78 is 10.4. The van der Waals surface area contributed by atoms with E-state index in [1.165, 1.54) is 7.05 Å². The largest absolute Gasteiger partial charge is 0.490 e. The van der Waals surface area contributed by atoms with E-state index in [1.807, 2.05) is 42.5 Å². The maximum absolute atomic E-state index is 10.9. The summed E-state index contributed by atoms with van der Waals surface area (Å²) in [6.45, 7) is 0.440. The van der Waals surface area contributed by atoms with Gasteiger partial charge in [0.2, 0.25) is 0 Å². The molecule has 0 radical (unpaired) electrons. The first-order valence-corrected chi connectivity index (χ1v) is 6.86. The van der Waals surface area contributed by atoms with E-state index >= 15 is 0 Å². The van der Waals surface area contributed by atoms with Gasteiger partial charge in [0, 0.05) is 12.6 Å². The molecule has 0 fully saturated rings. The highest BCUT2D eigenvalue weighted by molar-refractivity contribution is 5.79. The second-order valence-electron chi connectivity index (χ2n) is 4.51. The normalized spacial score (nSPS) is 9.86. The van der Waals surface area contributed by atoms with Crippen LogP contribution < -0.4 is 10.1 Å². The van der Waals surface area contributed by atoms with Gasteiger partial charge in [-0.3, -0.25) is 4.79 Å². The molecule has 0 aliphatic carbocycles. The average molecular weight is 299 g/mol. The number of alkyl carbamates (subject to hydrolysis) is 1. The van der Waals surface area contributed by atoms with E-state index in [0.717, 1.165) is 17.4 Å². The number of carbonyl (C=O) groups is 2. The van der Waals surface area contributed by atoms with Gasteiger partial charge in [-0.25, -0.2) is 4.79 Å². The van der Waals surface area contributed by atoms with E-state index in [2.05, 4.69) is 5.32 Å². The van der Waals surface area contributed by atoms with Gasteiger partial charge in [0.05, 0.1) is 0 Å². The maximum atomic E-state index is 10.9. The molecule has 0 spiro atoms. The van der Waals surface area contributed by atoms with Crippen LogP contribution in [0.2, 0.25) is 0 Å². The fourth-order valence-electron chi connectivity index (χ4n) is 1.92. The Morgan fingerprint density at radius 1 is 1.09 bits per heavy atom. The fourth-order valence-corrected chi connectivity index (χ4v) is 1.92. The first kappa shape index (κ1) is 15.6. The third-order valence-corrected chi connectivity index (χ3v) is 2.98. The molecule has 5 nitrogen and oxygen atoms in total. The summed E-state index contributed by atoms with van der Waals surface area (Å²) in [7, 11) is 1.50. The molecule has 0 aromatic heterocycles. The lowest BCUT2D eigenvalue weighted by Crippen LogP contribution is -2.21. The summed E-state index contributed by atoms with van der Waals surface area (Å²) in [4.78, 5) is 21.7. The van der Waals surface area contributed by atoms with E-state index in [9.17, 15) is 9.59 Å². The second kappa shape index (κ2) is 7.83. The molecule has 0 heterocycles. The van der Waals surface area contributed by atoms with E-state index in [-0.39, 0.29) is 13.2 Å². The Balaban J connectivity index is 2.00. The molecule has 0 saturated heterocycles. The summed E-state index contributed by atoms with van der Waals surface area (Å²) in [5, 5.41) is 2.36. The lowest BCUT2D eigenvalue weighted by Gasteiger charge is -2.09. The zero-order chi connectivity index (χ0) is 15.8. The molecule has 0 saturated carbocycles. The van der Waals surface area contributed by atoms with Gasteiger partial charge < -0.3 is 14.8 Å². The van der Waals surface area contributed by atoms with Crippen molar-refractivity contribution in [2.24, 2.45) is 0 Å². The van der Waals surface area contributed by atoms with Gasteiger partial charge in [0.1, 0.15) is 25.2 Å². The number of benzene rings is 2. The van der Waals surface area contributed by atoms with Crippen molar-refractivity contribution in [2.45, 2.75) is 0 Å². The Kier molecular flexibility index (Phi) is 5.54. The minimum atomic E-state index is -0.483. The number of ether oxygens (including phenoxy) is 2. The van der Waals surface area contributed by atoms with Crippen molar-refractivity contribution in [1.29, 1.82) is 0 Å². The van der Waals surface area contributed by atoms with Crippen molar-refractivity contribution in [1.82, 2.24) is 5.32 Å². The number of rotatable bonds is 6. The van der Waals surface area contributed by atoms with Crippen LogP contribution in [0.3, 0.4) is 0 Å². The third kappa shape index (κ3) is 4.34. The van der Waals surface area contributed by atoms with Gasteiger partial charge in [0.15, 0.2) is 0 Å². The van der Waals surface area contributed by atoms with E-state index in [4.69, 9.17) is 9.47 Å². The number of carbonyl (C=O) groups excluding carboxylic acids is 2. The molecule has 0 atom stereocenters. The maximum Gasteiger partial charge on any atom is 0.406 e. The highest BCUT2D eigenvalue weighted by Gasteiger charge is 2.02. The van der Waals surface area contributed by atoms with Crippen LogP contribution >= 0.6 is 0 Å². The topological polar surface area (TPSA) is 64.6 Å². The SMILES string of the molecule is CNC(=O)OCCOc1cccc(-c2cccc(C=O)c2)c1. The number of amides is 1. The predicted octanol–water partition coefficient (Wildman–Crippen LogP) is 2.90. The molecule has 22 heavy (non-hydrogen) atoms. The van der Waals surface area contributed by atoms with E-state index < -0.39 is 6.09 Å². The van der Waals surface area contributed by atoms with Crippen LogP contribution in [-0.4, -0.2) is 32.6 Å². The summed E-state index contributed by atoms with van der Waals surface area (Å²) in [6, 6.07) is 14.9. The smallest absolute Gasteiger partial charge is 0.406 e. The molecule has 2 aromatic carbocycles. The van der Waals surface area contributed by atoms with Crippen LogP contribution in [0.25, 0.3) is 11.1 Å². The highest BCUT2D eigenvalue weighted by atomic mass is 16.6. The van der Waals surface area contributed by atoms with Crippen LogP contribution in [0.4, 0.5) is 4.79 Å². The molecule has 5 heteroatoms. The lowest BCUT2D eigenvalue weighted by molar-refractivity contribution is 0.112. The van der Waals surface area contributed by atoms with Crippen molar-refractivity contribution in [3.05, 3.63) is 54.1 Å². The van der Waals surface area contributed by atoms with Gasteiger partial charge in [-0.05, 0) is 29.3 Å². The molecule has 0 bridgehead atoms. The van der Waals surface area contributed by atoms with Crippen molar-refractivity contribution in [3.8, 4) is 16.9 Å². The third-order valence-electron chi connectivity index (χ3n) is 2.98. The molecule has 2 rings (SSSR count). The van der Waals surface area contributed by atoms with Gasteiger partial charge in [0.25, 0.3) is 0 Å². The molecular weight excluding hydrogens is 282 g/mol. The van der Waals surface area contributed by atoms with E-state index in [0.29, 0.717) is 11.3 Å². The van der Waals surface area contributed by atoms with Crippen LogP contribution in [0.15, 0.2) is 48.5 Å². The van der Waals surface area contributed by atoms with Crippen molar-refractivity contribution < 1.29 is 19.1 Å². The molecule has 1 amide bonds. The minimum Gasteiger partial charge on any atom is -0.490 e. The summed E-state index contributed by atoms with van der Waals surface area (Å²) >= 11 is 0. The van der Waals surface area contributed by atoms with Gasteiger partial charge in [-0.15, -0.1) is 0 Å². The van der Waals surface area contributed by atoms with Crippen LogP contribution in [0.1, 0.15) is 10.4 Å². The van der Waals surface area contributed by atoms with Crippen molar-refractivity contribution >= 4 is 12.4 Å². The first-order chi connectivity index (χ1) is 10.7. The number of nitrogens with one attached hydrogen (secondary N) is 1. The van der Waals surface area contributed by atoms with Gasteiger partial charge in [-0.2, -0.15) is 0 Å². The molecule has 0 aliphatic heterocycles. The van der Waals surface area contributed by atoms with Crippen molar-refractivity contribution in [2.75, 3.05) is 20.3 Å². The molecule has 114 valence electrons. The van der Waals surface area contributed by atoms with Gasteiger partial charge in [-0.1, -0.05) is 30.3 Å². The molecule has 0 unspecified atom stereocenters. The first-order valence-electron chi connectivity index (χ1n) is 6.86. The summed E-state index contributed by atoms with van der Waals surface area (Å²) in [5.74, 6) is 0.675. The second-order valence-corrected chi connectivity index (χ2v) is 4.51. The predicted molar refractivity (Wildman–Crippen MR) is 83.2 cm³/mol. The molecular formula is C17H17NO4. The van der Waals surface area contributed by atoms with Crippen LogP contribution in [0, 0.1) is 0 Å². The number of aldehydes is 1. The quantitative estimate of drug-likeness (QED) is 0.658. The highest BCUT2D eigenvalue weighted by Crippen LogP contribution is 2.24. The summed E-state index contributed by atoms with van der Waals surface area (Å²) in [6.07, 6.45) is 0.336. The zero-order valence-electron chi connectivity index (χ0n) is 12.2. The fraction of sp³-hybridized carbons (Fsp3) is 0.176. The monoisotopic (exact) mass is 299 g/mol. The lowest BCUT2D eigenvalue weighted by atomic mass is 10.0. The van der Waals surface area contributed by atoms with Crippen LogP contribution in [-0.2, 0) is 4.74 Å². The summed E-state index contributed by atoms with van der Waals surface area (Å²) in [5.41, 5.74) is 2.52. The Morgan fingerprint density at radius 3 is 2.55 bits per heavy atom. The van der Waals surface area contributed by atoms with Crippen LogP contribution in [0.5, 0.6) is 5.75 Å². The number of hydrogen-bond acceptors (Lipinski definition) is 4.